The van der Waals surface area contributed by atoms with Gasteiger partial charge in [0.2, 0.25) is 5.91 Å². The molecule has 1 aliphatic rings. The van der Waals surface area contributed by atoms with Crippen molar-refractivity contribution in [1.29, 1.82) is 0 Å². The number of hydrogen-bond donors (Lipinski definition) is 1. The summed E-state index contributed by atoms with van der Waals surface area (Å²) in [4.78, 5) is 26.4. The van der Waals surface area contributed by atoms with Crippen molar-refractivity contribution in [3.8, 4) is 0 Å². The number of likely N-dealkylation sites (N-methyl/N-ethyl adjacent to an activating group) is 1. The number of carbonyl (C=O) groups excluding carboxylic acids is 2. The molecular weight excluding hydrogens is 290 g/mol. The molecule has 6 heteroatoms. The summed E-state index contributed by atoms with van der Waals surface area (Å²) in [5.41, 5.74) is 6.21. The maximum atomic E-state index is 12.3. The average Bonchev–Trinajstić information content (AvgIpc) is 2.89. The molecule has 1 saturated heterocycles. The van der Waals surface area contributed by atoms with Gasteiger partial charge in [-0.05, 0) is 30.9 Å². The number of nitrogens with two attached hydrogens (primary N) is 1. The molecule has 2 rings (SSSR count). The van der Waals surface area contributed by atoms with Crippen LogP contribution in [-0.2, 0) is 11.2 Å². The summed E-state index contributed by atoms with van der Waals surface area (Å²) >= 11 is 6.18. The van der Waals surface area contributed by atoms with Gasteiger partial charge in [0.1, 0.15) is 6.54 Å². The normalized spacial score (nSPS) is 17.8. The second-order valence-corrected chi connectivity index (χ2v) is 5.78. The van der Waals surface area contributed by atoms with Gasteiger partial charge in [-0.2, -0.15) is 0 Å². The molecule has 0 radical (unpaired) electrons. The first-order chi connectivity index (χ1) is 9.99. The smallest absolute Gasteiger partial charge is 0.314 e. The number of nitrogens with zero attached hydrogens (tertiary/aromatic N) is 2. The molecule has 0 aliphatic carbocycles. The van der Waals surface area contributed by atoms with E-state index in [4.69, 9.17) is 17.3 Å². The van der Waals surface area contributed by atoms with E-state index < -0.39 is 6.03 Å². The molecule has 0 aromatic heterocycles. The van der Waals surface area contributed by atoms with Gasteiger partial charge in [0.25, 0.3) is 0 Å². The zero-order valence-corrected chi connectivity index (χ0v) is 12.8. The topological polar surface area (TPSA) is 66.6 Å². The molecule has 1 aromatic carbocycles. The van der Waals surface area contributed by atoms with Gasteiger partial charge >= 0.3 is 6.03 Å². The van der Waals surface area contributed by atoms with Gasteiger partial charge in [-0.3, -0.25) is 4.79 Å². The van der Waals surface area contributed by atoms with Crippen LogP contribution < -0.4 is 5.73 Å². The Morgan fingerprint density at radius 2 is 2.14 bits per heavy atom. The van der Waals surface area contributed by atoms with E-state index in [0.717, 1.165) is 36.4 Å². The lowest BCUT2D eigenvalue weighted by molar-refractivity contribution is -0.132. The minimum Gasteiger partial charge on any atom is -0.351 e. The molecule has 5 nitrogen and oxygen atoms in total. The molecule has 0 bridgehead atoms. The minimum absolute atomic E-state index is 0.0222. The van der Waals surface area contributed by atoms with Crippen LogP contribution >= 0.6 is 11.6 Å². The molecule has 0 saturated carbocycles. The largest absolute Gasteiger partial charge is 0.351 e. The molecule has 1 heterocycles. The molecule has 0 spiro atoms. The van der Waals surface area contributed by atoms with Crippen LogP contribution in [0.5, 0.6) is 0 Å². The third-order valence-corrected chi connectivity index (χ3v) is 4.23. The van der Waals surface area contributed by atoms with Gasteiger partial charge in [0.05, 0.1) is 0 Å². The Labute approximate surface area is 129 Å². The maximum absolute atomic E-state index is 12.3. The third kappa shape index (κ3) is 3.88. The van der Waals surface area contributed by atoms with Crippen molar-refractivity contribution < 1.29 is 9.59 Å². The van der Waals surface area contributed by atoms with E-state index in [1.807, 2.05) is 29.2 Å². The highest BCUT2D eigenvalue weighted by Gasteiger charge is 2.29. The summed E-state index contributed by atoms with van der Waals surface area (Å²) < 4.78 is 0. The summed E-state index contributed by atoms with van der Waals surface area (Å²) in [5.74, 6) is -0.0640. The lowest BCUT2D eigenvalue weighted by Crippen LogP contribution is -2.45. The van der Waals surface area contributed by atoms with Crippen LogP contribution in [0.3, 0.4) is 0 Å². The quantitative estimate of drug-likeness (QED) is 0.923. The Kier molecular flexibility index (Phi) is 5.07. The summed E-state index contributed by atoms with van der Waals surface area (Å²) in [6.07, 6.45) is 2.67. The second kappa shape index (κ2) is 6.80. The van der Waals surface area contributed by atoms with E-state index in [1.165, 1.54) is 11.9 Å². The Morgan fingerprint density at radius 3 is 2.81 bits per heavy atom. The van der Waals surface area contributed by atoms with E-state index in [0.29, 0.717) is 0 Å². The molecule has 1 aromatic rings. The predicted octanol–water partition coefficient (Wildman–Crippen LogP) is 1.88. The first-order valence-corrected chi connectivity index (χ1v) is 7.40. The van der Waals surface area contributed by atoms with Crippen molar-refractivity contribution in [3.05, 3.63) is 34.9 Å². The van der Waals surface area contributed by atoms with E-state index in [-0.39, 0.29) is 18.5 Å². The van der Waals surface area contributed by atoms with Crippen LogP contribution in [-0.4, -0.2) is 47.9 Å². The third-order valence-electron chi connectivity index (χ3n) is 3.86. The van der Waals surface area contributed by atoms with Gasteiger partial charge in [0, 0.05) is 24.7 Å². The minimum atomic E-state index is -0.592. The molecule has 1 aliphatic heterocycles. The number of rotatable bonds is 4. The second-order valence-electron chi connectivity index (χ2n) is 5.37. The highest BCUT2D eigenvalue weighted by Crippen LogP contribution is 2.24. The molecule has 1 atom stereocenters. The molecule has 3 amide bonds. The molecule has 114 valence electrons. The Balaban J connectivity index is 2.02. The summed E-state index contributed by atoms with van der Waals surface area (Å²) in [6, 6.07) is 7.23. The SMILES string of the molecule is CN(CC(=O)N1CCC[C@H]1Cc1ccccc1Cl)C(N)=O. The first-order valence-electron chi connectivity index (χ1n) is 7.02. The van der Waals surface area contributed by atoms with Crippen LogP contribution in [0.2, 0.25) is 5.02 Å². The number of amides is 3. The van der Waals surface area contributed by atoms with Crippen molar-refractivity contribution in [1.82, 2.24) is 9.80 Å². The fraction of sp³-hybridized carbons (Fsp3) is 0.467. The van der Waals surface area contributed by atoms with Crippen molar-refractivity contribution in [2.75, 3.05) is 20.1 Å². The van der Waals surface area contributed by atoms with Gasteiger partial charge in [0.15, 0.2) is 0 Å². The number of primary amides is 1. The van der Waals surface area contributed by atoms with Gasteiger partial charge in [-0.25, -0.2) is 4.79 Å². The standard InChI is InChI=1S/C15H20ClN3O2/c1-18(15(17)21)10-14(20)19-8-4-6-12(19)9-11-5-2-3-7-13(11)16/h2-3,5,7,12H,4,6,8-10H2,1H3,(H2,17,21)/t12-/m0/s1. The predicted molar refractivity (Wildman–Crippen MR) is 82.1 cm³/mol. The lowest BCUT2D eigenvalue weighted by atomic mass is 10.0. The van der Waals surface area contributed by atoms with Gasteiger partial charge < -0.3 is 15.5 Å². The van der Waals surface area contributed by atoms with Crippen molar-refractivity contribution in [2.45, 2.75) is 25.3 Å². The summed E-state index contributed by atoms with van der Waals surface area (Å²) in [7, 11) is 1.53. The lowest BCUT2D eigenvalue weighted by Gasteiger charge is -2.27. The van der Waals surface area contributed by atoms with Crippen LogP contribution in [0.1, 0.15) is 18.4 Å². The summed E-state index contributed by atoms with van der Waals surface area (Å²) in [5, 5.41) is 0.728. The van der Waals surface area contributed by atoms with Crippen molar-refractivity contribution in [2.24, 2.45) is 5.73 Å². The Bertz CT molecular complexity index is 535. The molecule has 1 fully saturated rings. The molecule has 21 heavy (non-hydrogen) atoms. The van der Waals surface area contributed by atoms with Crippen molar-refractivity contribution >= 4 is 23.5 Å². The zero-order chi connectivity index (χ0) is 15.4. The van der Waals surface area contributed by atoms with E-state index >= 15 is 0 Å². The highest BCUT2D eigenvalue weighted by molar-refractivity contribution is 6.31. The molecule has 2 N–H and O–H groups in total. The Hall–Kier alpha value is -1.75. The van der Waals surface area contributed by atoms with E-state index in [1.54, 1.807) is 0 Å². The Morgan fingerprint density at radius 1 is 1.43 bits per heavy atom. The zero-order valence-electron chi connectivity index (χ0n) is 12.1. The van der Waals surface area contributed by atoms with Crippen LogP contribution in [0, 0.1) is 0 Å². The highest BCUT2D eigenvalue weighted by atomic mass is 35.5. The first kappa shape index (κ1) is 15.6. The fourth-order valence-electron chi connectivity index (χ4n) is 2.67. The number of benzene rings is 1. The monoisotopic (exact) mass is 309 g/mol. The number of carbonyl (C=O) groups is 2. The van der Waals surface area contributed by atoms with Gasteiger partial charge in [-0.15, -0.1) is 0 Å². The van der Waals surface area contributed by atoms with Gasteiger partial charge in [-0.1, -0.05) is 29.8 Å². The van der Waals surface area contributed by atoms with E-state index in [9.17, 15) is 9.59 Å². The number of likely N-dealkylation sites (tertiary alicyclic amines) is 1. The maximum Gasteiger partial charge on any atom is 0.314 e. The molecule has 0 unspecified atom stereocenters. The van der Waals surface area contributed by atoms with Crippen LogP contribution in [0.25, 0.3) is 0 Å². The number of halogens is 1. The fourth-order valence-corrected chi connectivity index (χ4v) is 2.88. The van der Waals surface area contributed by atoms with E-state index in [2.05, 4.69) is 0 Å². The van der Waals surface area contributed by atoms with Crippen LogP contribution in [0.15, 0.2) is 24.3 Å². The number of urea groups is 1. The average molecular weight is 310 g/mol. The molecular formula is C15H20ClN3O2. The van der Waals surface area contributed by atoms with Crippen LogP contribution in [0.4, 0.5) is 4.79 Å². The summed E-state index contributed by atoms with van der Waals surface area (Å²) in [6.45, 7) is 0.745. The number of hydrogen-bond acceptors (Lipinski definition) is 2. The van der Waals surface area contributed by atoms with Crippen molar-refractivity contribution in [3.63, 3.8) is 0 Å².